The molecule has 228 valence electrons. The van der Waals surface area contributed by atoms with Gasteiger partial charge in [-0.2, -0.15) is 9.61 Å². The lowest BCUT2D eigenvalue weighted by molar-refractivity contribution is 0.0906. The number of halogens is 2. The average Bonchev–Trinajstić information content (AvgIpc) is 3.38. The van der Waals surface area contributed by atoms with E-state index in [4.69, 9.17) is 19.9 Å². The van der Waals surface area contributed by atoms with Crippen LogP contribution in [-0.4, -0.2) is 90.2 Å². The normalized spacial score (nSPS) is 18.5. The fraction of sp³-hybridized carbons (Fsp3) is 0.379. The molecule has 0 bridgehead atoms. The molecule has 4 heterocycles. The van der Waals surface area contributed by atoms with Crippen LogP contribution in [0.5, 0.6) is 5.75 Å². The van der Waals surface area contributed by atoms with E-state index in [0.717, 1.165) is 17.8 Å². The van der Waals surface area contributed by atoms with Gasteiger partial charge in [-0.05, 0) is 24.1 Å². The van der Waals surface area contributed by atoms with E-state index in [0.29, 0.717) is 30.2 Å². The van der Waals surface area contributed by atoms with Crippen LogP contribution in [0, 0.1) is 17.6 Å². The summed E-state index contributed by atoms with van der Waals surface area (Å²) in [5, 5.41) is 7.77. The highest BCUT2D eigenvalue weighted by Gasteiger charge is 2.38. The SMILES string of the molecule is COCCOc1cc(F)c(-c2ccc3cnc(Nc4cnccc4N4C[C@@H](N)[C@@H](N(C)C(=O)OC)[C@@H](C)C4)n3n2)c(F)c1. The van der Waals surface area contributed by atoms with Gasteiger partial charge in [0.25, 0.3) is 0 Å². The van der Waals surface area contributed by atoms with Crippen molar-refractivity contribution in [2.75, 3.05) is 57.8 Å². The van der Waals surface area contributed by atoms with Gasteiger partial charge < -0.3 is 35.1 Å². The zero-order valence-corrected chi connectivity index (χ0v) is 24.3. The number of likely N-dealkylation sites (N-methyl/N-ethyl adjacent to an activating group) is 1. The average molecular weight is 597 g/mol. The number of nitrogens with one attached hydrogen (secondary N) is 1. The Hall–Kier alpha value is -4.56. The highest BCUT2D eigenvalue weighted by molar-refractivity contribution is 5.74. The molecule has 1 saturated heterocycles. The van der Waals surface area contributed by atoms with Crippen molar-refractivity contribution in [3.05, 3.63) is 60.6 Å². The molecule has 12 nitrogen and oxygen atoms in total. The second-order valence-corrected chi connectivity index (χ2v) is 10.4. The molecule has 0 radical (unpaired) electrons. The summed E-state index contributed by atoms with van der Waals surface area (Å²) in [6.45, 7) is 3.58. The number of anilines is 3. The van der Waals surface area contributed by atoms with Crippen molar-refractivity contribution in [2.45, 2.75) is 19.0 Å². The molecule has 0 spiro atoms. The summed E-state index contributed by atoms with van der Waals surface area (Å²) in [6.07, 6.45) is 4.50. The van der Waals surface area contributed by atoms with E-state index in [1.165, 1.54) is 24.8 Å². The lowest BCUT2D eigenvalue weighted by Gasteiger charge is -2.45. The van der Waals surface area contributed by atoms with Crippen molar-refractivity contribution in [2.24, 2.45) is 11.7 Å². The predicted molar refractivity (Wildman–Crippen MR) is 157 cm³/mol. The quantitative estimate of drug-likeness (QED) is 0.276. The number of hydrogen-bond acceptors (Lipinski definition) is 10. The van der Waals surface area contributed by atoms with E-state index in [1.54, 1.807) is 36.6 Å². The lowest BCUT2D eigenvalue weighted by Crippen LogP contribution is -2.62. The molecule has 43 heavy (non-hydrogen) atoms. The van der Waals surface area contributed by atoms with Crippen LogP contribution in [0.15, 0.2) is 48.9 Å². The van der Waals surface area contributed by atoms with Gasteiger partial charge in [-0.25, -0.2) is 18.6 Å². The summed E-state index contributed by atoms with van der Waals surface area (Å²) in [6, 6.07) is 6.76. The molecule has 3 aromatic heterocycles. The number of carbonyl (C=O) groups excluding carboxylic acids is 1. The van der Waals surface area contributed by atoms with Crippen LogP contribution in [0.3, 0.4) is 0 Å². The number of carbonyl (C=O) groups is 1. The van der Waals surface area contributed by atoms with Gasteiger partial charge >= 0.3 is 6.09 Å². The number of methoxy groups -OCH3 is 2. The zero-order valence-electron chi connectivity index (χ0n) is 24.3. The minimum atomic E-state index is -0.810. The maximum absolute atomic E-state index is 15.1. The number of rotatable bonds is 9. The number of nitrogens with zero attached hydrogens (tertiary/aromatic N) is 6. The van der Waals surface area contributed by atoms with Gasteiger partial charge in [-0.1, -0.05) is 6.92 Å². The van der Waals surface area contributed by atoms with Crippen molar-refractivity contribution >= 4 is 28.9 Å². The van der Waals surface area contributed by atoms with Crippen molar-refractivity contribution < 1.29 is 27.8 Å². The Morgan fingerprint density at radius 3 is 2.60 bits per heavy atom. The summed E-state index contributed by atoms with van der Waals surface area (Å²) in [5.74, 6) is -1.21. The first-order chi connectivity index (χ1) is 20.7. The Bertz CT molecular complexity index is 1570. The smallest absolute Gasteiger partial charge is 0.409 e. The maximum atomic E-state index is 15.1. The number of pyridine rings is 1. The molecule has 0 unspecified atom stereocenters. The van der Waals surface area contributed by atoms with Crippen molar-refractivity contribution in [1.82, 2.24) is 24.5 Å². The fourth-order valence-corrected chi connectivity index (χ4v) is 5.55. The summed E-state index contributed by atoms with van der Waals surface area (Å²) < 4.78 is 46.8. The maximum Gasteiger partial charge on any atom is 0.409 e. The molecule has 1 aliphatic rings. The number of benzene rings is 1. The number of piperidine rings is 1. The first-order valence-corrected chi connectivity index (χ1v) is 13.7. The summed E-state index contributed by atoms with van der Waals surface area (Å²) in [7, 11) is 4.55. The van der Waals surface area contributed by atoms with Gasteiger partial charge in [0, 0.05) is 51.6 Å². The second kappa shape index (κ2) is 12.8. The summed E-state index contributed by atoms with van der Waals surface area (Å²) in [5.41, 5.74) is 8.42. The van der Waals surface area contributed by atoms with Gasteiger partial charge in [0.15, 0.2) is 0 Å². The van der Waals surface area contributed by atoms with Crippen LogP contribution in [0.2, 0.25) is 0 Å². The monoisotopic (exact) mass is 596 g/mol. The standard InChI is InChI=1S/C29H34F2N8O4/c1-17-15-38(16-22(32)27(17)37(2)29(40)42-4)25-7-8-33-14-24(25)35-28-34-13-18-5-6-23(36-39(18)28)26-20(30)11-19(12-21(26)31)43-10-9-41-3/h5-8,11-14,17,22,27H,9-10,15-16,32H2,1-4H3,(H,34,35)/t17-,22+,27-/m0/s1. The van der Waals surface area contributed by atoms with Gasteiger partial charge in [-0.3, -0.25) is 4.98 Å². The molecule has 3 N–H and O–H groups in total. The summed E-state index contributed by atoms with van der Waals surface area (Å²) >= 11 is 0. The van der Waals surface area contributed by atoms with E-state index < -0.39 is 17.7 Å². The summed E-state index contributed by atoms with van der Waals surface area (Å²) in [4.78, 5) is 24.5. The Kier molecular flexibility index (Phi) is 8.87. The molecule has 3 atom stereocenters. The third kappa shape index (κ3) is 6.15. The molecular formula is C29H34F2N8O4. The lowest BCUT2D eigenvalue weighted by atomic mass is 9.89. The van der Waals surface area contributed by atoms with E-state index in [2.05, 4.69) is 25.3 Å². The second-order valence-electron chi connectivity index (χ2n) is 10.4. The minimum absolute atomic E-state index is 0.0342. The van der Waals surface area contributed by atoms with Crippen LogP contribution in [0.25, 0.3) is 16.8 Å². The highest BCUT2D eigenvalue weighted by atomic mass is 19.1. The van der Waals surface area contributed by atoms with E-state index in [9.17, 15) is 4.79 Å². The van der Waals surface area contributed by atoms with Crippen molar-refractivity contribution in [3.63, 3.8) is 0 Å². The number of amides is 1. The van der Waals surface area contributed by atoms with Gasteiger partial charge in [0.05, 0.1) is 60.3 Å². The highest BCUT2D eigenvalue weighted by Crippen LogP contribution is 2.33. The molecule has 0 aliphatic carbocycles. The van der Waals surface area contributed by atoms with Crippen LogP contribution in [0.1, 0.15) is 6.92 Å². The van der Waals surface area contributed by atoms with Crippen LogP contribution < -0.4 is 20.7 Å². The molecule has 5 rings (SSSR count). The van der Waals surface area contributed by atoms with Crippen LogP contribution in [0.4, 0.5) is 30.9 Å². The number of imidazole rings is 1. The number of fused-ring (bicyclic) bond motifs is 1. The largest absolute Gasteiger partial charge is 0.491 e. The molecule has 1 aromatic carbocycles. The zero-order chi connectivity index (χ0) is 30.7. The fourth-order valence-electron chi connectivity index (χ4n) is 5.55. The molecular weight excluding hydrogens is 562 g/mol. The van der Waals surface area contributed by atoms with E-state index in [1.807, 2.05) is 13.0 Å². The van der Waals surface area contributed by atoms with E-state index >= 15 is 8.78 Å². The van der Waals surface area contributed by atoms with Gasteiger partial charge in [-0.15, -0.1) is 0 Å². The topological polar surface area (TPSA) is 132 Å². The van der Waals surface area contributed by atoms with E-state index in [-0.39, 0.29) is 48.2 Å². The Balaban J connectivity index is 1.41. The molecule has 1 amide bonds. The Labute approximate surface area is 247 Å². The molecule has 1 fully saturated rings. The first-order valence-electron chi connectivity index (χ1n) is 13.7. The predicted octanol–water partition coefficient (Wildman–Crippen LogP) is 3.69. The van der Waals surface area contributed by atoms with Crippen molar-refractivity contribution in [1.29, 1.82) is 0 Å². The molecule has 0 saturated carbocycles. The number of ether oxygens (including phenoxy) is 3. The Morgan fingerprint density at radius 2 is 1.91 bits per heavy atom. The number of hydrogen-bond donors (Lipinski definition) is 2. The van der Waals surface area contributed by atoms with Crippen molar-refractivity contribution in [3.8, 4) is 17.0 Å². The van der Waals surface area contributed by atoms with Gasteiger partial charge in [0.2, 0.25) is 5.95 Å². The molecule has 1 aliphatic heterocycles. The molecule has 14 heteroatoms. The number of nitrogens with two attached hydrogens (primary N) is 1. The first kappa shape index (κ1) is 29.9. The van der Waals surface area contributed by atoms with Gasteiger partial charge in [0.1, 0.15) is 24.0 Å². The van der Waals surface area contributed by atoms with Crippen LogP contribution in [-0.2, 0) is 9.47 Å². The number of aromatic nitrogens is 4. The minimum Gasteiger partial charge on any atom is -0.491 e. The molecule has 4 aromatic rings. The van der Waals surface area contributed by atoms with Crippen LogP contribution >= 0.6 is 0 Å². The third-order valence-electron chi connectivity index (χ3n) is 7.47. The Morgan fingerprint density at radius 1 is 1.14 bits per heavy atom. The third-order valence-corrected chi connectivity index (χ3v) is 7.47.